The highest BCUT2D eigenvalue weighted by Gasteiger charge is 2.18. The van der Waals surface area contributed by atoms with Crippen molar-refractivity contribution >= 4 is 5.96 Å². The lowest BCUT2D eigenvalue weighted by atomic mass is 9.97. The van der Waals surface area contributed by atoms with Crippen LogP contribution in [0.4, 0.5) is 0 Å². The number of aliphatic imine (C=N–C) groups is 1. The van der Waals surface area contributed by atoms with Crippen molar-refractivity contribution in [1.29, 1.82) is 0 Å². The van der Waals surface area contributed by atoms with Crippen LogP contribution >= 0.6 is 0 Å². The smallest absolute Gasteiger partial charge is 0.191 e. The van der Waals surface area contributed by atoms with Crippen LogP contribution in [0.3, 0.4) is 0 Å². The second-order valence-corrected chi connectivity index (χ2v) is 5.53. The summed E-state index contributed by atoms with van der Waals surface area (Å²) in [6.45, 7) is 9.55. The zero-order valence-electron chi connectivity index (χ0n) is 12.9. The van der Waals surface area contributed by atoms with Crippen molar-refractivity contribution in [3.05, 3.63) is 0 Å². The Morgan fingerprint density at radius 1 is 1.37 bits per heavy atom. The van der Waals surface area contributed by atoms with E-state index in [-0.39, 0.29) is 0 Å². The molecule has 0 radical (unpaired) electrons. The number of guanidine groups is 1. The molecule has 5 heteroatoms. The molecule has 5 nitrogen and oxygen atoms in total. The summed E-state index contributed by atoms with van der Waals surface area (Å²) in [7, 11) is 3.59. The molecule has 1 heterocycles. The first kappa shape index (κ1) is 16.2. The molecule has 0 spiro atoms. The second-order valence-electron chi connectivity index (χ2n) is 5.53. The third kappa shape index (κ3) is 6.78. The fourth-order valence-electron chi connectivity index (χ4n) is 2.34. The SMILES string of the molecule is CN=C(NCC1CCN(CCOC)CC1)NC(C)C. The molecule has 1 aliphatic rings. The lowest BCUT2D eigenvalue weighted by Gasteiger charge is -2.32. The number of hydrogen-bond donors (Lipinski definition) is 2. The molecule has 0 unspecified atom stereocenters. The van der Waals surface area contributed by atoms with Crippen LogP contribution in [-0.4, -0.2) is 63.8 Å². The van der Waals surface area contributed by atoms with Crippen LogP contribution in [-0.2, 0) is 4.74 Å². The third-order valence-electron chi connectivity index (χ3n) is 3.53. The fourth-order valence-corrected chi connectivity index (χ4v) is 2.34. The van der Waals surface area contributed by atoms with Crippen molar-refractivity contribution in [3.8, 4) is 0 Å². The number of likely N-dealkylation sites (tertiary alicyclic amines) is 1. The van der Waals surface area contributed by atoms with Crippen molar-refractivity contribution in [2.24, 2.45) is 10.9 Å². The highest BCUT2D eigenvalue weighted by Crippen LogP contribution is 2.15. The summed E-state index contributed by atoms with van der Waals surface area (Å²) in [5.74, 6) is 1.67. The molecule has 1 rings (SSSR count). The normalized spacial score (nSPS) is 18.9. The maximum absolute atomic E-state index is 5.12. The van der Waals surface area contributed by atoms with Gasteiger partial charge in [0.05, 0.1) is 6.61 Å². The molecule has 2 N–H and O–H groups in total. The largest absolute Gasteiger partial charge is 0.383 e. The first-order valence-corrected chi connectivity index (χ1v) is 7.34. The molecule has 0 amide bonds. The van der Waals surface area contributed by atoms with E-state index in [2.05, 4.69) is 34.4 Å². The number of piperidine rings is 1. The molecule has 112 valence electrons. The molecule has 0 aliphatic carbocycles. The van der Waals surface area contributed by atoms with Crippen molar-refractivity contribution < 1.29 is 4.74 Å². The highest BCUT2D eigenvalue weighted by molar-refractivity contribution is 5.79. The van der Waals surface area contributed by atoms with Crippen molar-refractivity contribution in [1.82, 2.24) is 15.5 Å². The second kappa shape index (κ2) is 9.15. The average molecular weight is 270 g/mol. The minimum atomic E-state index is 0.419. The van der Waals surface area contributed by atoms with Gasteiger partial charge in [0.25, 0.3) is 0 Å². The number of rotatable bonds is 6. The molecule has 19 heavy (non-hydrogen) atoms. The third-order valence-corrected chi connectivity index (χ3v) is 3.53. The first-order valence-electron chi connectivity index (χ1n) is 7.34. The van der Waals surface area contributed by atoms with E-state index in [0.29, 0.717) is 6.04 Å². The lowest BCUT2D eigenvalue weighted by Crippen LogP contribution is -2.45. The molecule has 0 aromatic heterocycles. The van der Waals surface area contributed by atoms with Crippen LogP contribution in [0.2, 0.25) is 0 Å². The molecule has 0 atom stereocenters. The van der Waals surface area contributed by atoms with Crippen LogP contribution in [0.5, 0.6) is 0 Å². The number of ether oxygens (including phenoxy) is 1. The zero-order chi connectivity index (χ0) is 14.1. The highest BCUT2D eigenvalue weighted by atomic mass is 16.5. The summed E-state index contributed by atoms with van der Waals surface area (Å²) in [5, 5.41) is 6.74. The van der Waals surface area contributed by atoms with E-state index >= 15 is 0 Å². The van der Waals surface area contributed by atoms with E-state index in [0.717, 1.165) is 31.6 Å². The van der Waals surface area contributed by atoms with Crippen LogP contribution in [0.15, 0.2) is 4.99 Å². The minimum absolute atomic E-state index is 0.419. The maximum atomic E-state index is 5.12. The number of methoxy groups -OCH3 is 1. The monoisotopic (exact) mass is 270 g/mol. The molecular formula is C14H30N4O. The molecule has 0 saturated carbocycles. The topological polar surface area (TPSA) is 48.9 Å². The Kier molecular flexibility index (Phi) is 7.82. The van der Waals surface area contributed by atoms with Gasteiger partial charge in [-0.2, -0.15) is 0 Å². The Labute approximate surface area is 117 Å². The number of nitrogens with zero attached hydrogens (tertiary/aromatic N) is 2. The predicted octanol–water partition coefficient (Wildman–Crippen LogP) is 0.918. The van der Waals surface area contributed by atoms with Gasteiger partial charge in [-0.25, -0.2) is 0 Å². The van der Waals surface area contributed by atoms with Crippen LogP contribution in [0.1, 0.15) is 26.7 Å². The van der Waals surface area contributed by atoms with Crippen molar-refractivity contribution in [2.75, 3.05) is 46.9 Å². The van der Waals surface area contributed by atoms with Gasteiger partial charge in [-0.15, -0.1) is 0 Å². The zero-order valence-corrected chi connectivity index (χ0v) is 12.9. The summed E-state index contributed by atoms with van der Waals surface area (Å²) in [4.78, 5) is 6.72. The standard InChI is InChI=1S/C14H30N4O/c1-12(2)17-14(15-3)16-11-13-5-7-18(8-6-13)9-10-19-4/h12-13H,5-11H2,1-4H3,(H2,15,16,17). The Morgan fingerprint density at radius 2 is 2.05 bits per heavy atom. The van der Waals surface area contributed by atoms with Crippen molar-refractivity contribution in [3.63, 3.8) is 0 Å². The summed E-state index contributed by atoms with van der Waals surface area (Å²) in [6.07, 6.45) is 2.52. The van der Waals surface area contributed by atoms with Gasteiger partial charge in [0.15, 0.2) is 5.96 Å². The Hall–Kier alpha value is -0.810. The van der Waals surface area contributed by atoms with Gasteiger partial charge in [0, 0.05) is 33.3 Å². The number of nitrogens with one attached hydrogen (secondary N) is 2. The quantitative estimate of drug-likeness (QED) is 0.556. The van der Waals surface area contributed by atoms with Gasteiger partial charge in [0.1, 0.15) is 0 Å². The van der Waals surface area contributed by atoms with Gasteiger partial charge in [-0.05, 0) is 45.7 Å². The van der Waals surface area contributed by atoms with E-state index < -0.39 is 0 Å². The van der Waals surface area contributed by atoms with E-state index in [1.54, 1.807) is 7.11 Å². The van der Waals surface area contributed by atoms with Crippen LogP contribution in [0, 0.1) is 5.92 Å². The van der Waals surface area contributed by atoms with E-state index in [4.69, 9.17) is 4.74 Å². The van der Waals surface area contributed by atoms with Crippen LogP contribution < -0.4 is 10.6 Å². The van der Waals surface area contributed by atoms with Gasteiger partial charge in [0.2, 0.25) is 0 Å². The average Bonchev–Trinajstić information content (AvgIpc) is 2.42. The molecule has 1 fully saturated rings. The Bertz CT molecular complexity index is 260. The summed E-state index contributed by atoms with van der Waals surface area (Å²) < 4.78 is 5.12. The summed E-state index contributed by atoms with van der Waals surface area (Å²) in [6, 6.07) is 0.419. The van der Waals surface area contributed by atoms with Gasteiger partial charge >= 0.3 is 0 Å². The van der Waals surface area contributed by atoms with E-state index in [1.807, 2.05) is 7.05 Å². The number of hydrogen-bond acceptors (Lipinski definition) is 3. The molecule has 0 bridgehead atoms. The molecule has 1 aliphatic heterocycles. The molecule has 0 aromatic carbocycles. The van der Waals surface area contributed by atoms with E-state index in [9.17, 15) is 0 Å². The maximum Gasteiger partial charge on any atom is 0.191 e. The molecular weight excluding hydrogens is 240 g/mol. The van der Waals surface area contributed by atoms with Gasteiger partial charge in [-0.1, -0.05) is 0 Å². The fraction of sp³-hybridized carbons (Fsp3) is 0.929. The molecule has 1 saturated heterocycles. The summed E-state index contributed by atoms with van der Waals surface area (Å²) in [5.41, 5.74) is 0. The Balaban J connectivity index is 2.18. The van der Waals surface area contributed by atoms with Crippen molar-refractivity contribution in [2.45, 2.75) is 32.7 Å². The predicted molar refractivity (Wildman–Crippen MR) is 80.7 cm³/mol. The van der Waals surface area contributed by atoms with Gasteiger partial charge in [-0.3, -0.25) is 4.99 Å². The Morgan fingerprint density at radius 3 is 2.58 bits per heavy atom. The lowest BCUT2D eigenvalue weighted by molar-refractivity contribution is 0.121. The van der Waals surface area contributed by atoms with E-state index in [1.165, 1.54) is 25.9 Å². The minimum Gasteiger partial charge on any atom is -0.383 e. The van der Waals surface area contributed by atoms with Gasteiger partial charge < -0.3 is 20.3 Å². The molecule has 0 aromatic rings. The first-order chi connectivity index (χ1) is 9.15. The summed E-state index contributed by atoms with van der Waals surface area (Å²) >= 11 is 0. The van der Waals surface area contributed by atoms with Crippen LogP contribution in [0.25, 0.3) is 0 Å².